The molecule has 6 heteroatoms. The van der Waals surface area contributed by atoms with Gasteiger partial charge >= 0.3 is 0 Å². The molecule has 6 aromatic rings. The Balaban J connectivity index is 0.000000203. The van der Waals surface area contributed by atoms with Crippen LogP contribution >= 0.6 is 0 Å². The van der Waals surface area contributed by atoms with Crippen molar-refractivity contribution in [3.05, 3.63) is 139 Å². The van der Waals surface area contributed by atoms with Crippen LogP contribution in [0.25, 0.3) is 22.5 Å². The van der Waals surface area contributed by atoms with Crippen LogP contribution in [0.5, 0.6) is 23.0 Å². The minimum Gasteiger partial charge on any atom is -0.503 e. The number of aromatic nitrogens is 2. The molecule has 0 fully saturated rings. The Hall–Kier alpha value is -4.51. The van der Waals surface area contributed by atoms with E-state index in [9.17, 15) is 0 Å². The van der Waals surface area contributed by atoms with Crippen molar-refractivity contribution in [2.75, 3.05) is 0 Å². The van der Waals surface area contributed by atoms with Crippen LogP contribution in [0.1, 0.15) is 24.0 Å². The second kappa shape index (κ2) is 12.2. The van der Waals surface area contributed by atoms with Crippen LogP contribution < -0.4 is 25.9 Å². The standard InChI is InChI=1S/C27H19BNO2.C11H8N.Ir/c1-2-8-18-16-29-22(15-17(18)7-1)19-9-5-11-21-27(19)31-25-14-6-13-24-26(25)28(21)20-10-3-4-12-23(20)30-24;1-2-6-10(7-3-1)11-8-4-5-9-12-11;/h3-6,10-16H,1-2,7-8H2;1-6,8-9H;/q2*-1;. The van der Waals surface area contributed by atoms with Gasteiger partial charge in [0.25, 0.3) is 0 Å². The van der Waals surface area contributed by atoms with Crippen LogP contribution in [0.2, 0.25) is 0 Å². The fourth-order valence-electron chi connectivity index (χ4n) is 6.36. The second-order valence-electron chi connectivity index (χ2n) is 11.0. The first kappa shape index (κ1) is 28.3. The van der Waals surface area contributed by atoms with Gasteiger partial charge in [-0.1, -0.05) is 53.6 Å². The number of hydrogen-bond donors (Lipinski definition) is 0. The predicted molar refractivity (Wildman–Crippen MR) is 171 cm³/mol. The van der Waals surface area contributed by atoms with E-state index in [-0.39, 0.29) is 26.8 Å². The maximum atomic E-state index is 6.52. The Morgan fingerprint density at radius 1 is 0.636 bits per heavy atom. The minimum atomic E-state index is 0. The zero-order chi connectivity index (χ0) is 28.6. The fourth-order valence-corrected chi connectivity index (χ4v) is 6.36. The second-order valence-corrected chi connectivity index (χ2v) is 11.0. The van der Waals surface area contributed by atoms with E-state index in [1.54, 1.807) is 6.20 Å². The van der Waals surface area contributed by atoms with E-state index in [0.29, 0.717) is 0 Å². The molecule has 3 aliphatic rings. The molecule has 0 spiro atoms. The van der Waals surface area contributed by atoms with Crippen LogP contribution in [-0.2, 0) is 32.9 Å². The Kier molecular flexibility index (Phi) is 7.87. The van der Waals surface area contributed by atoms with Gasteiger partial charge in [0.2, 0.25) is 6.71 Å². The molecule has 0 N–H and O–H groups in total. The number of rotatable bonds is 2. The molecule has 215 valence electrons. The molecule has 0 saturated carbocycles. The van der Waals surface area contributed by atoms with E-state index in [4.69, 9.17) is 14.5 Å². The first-order valence-corrected chi connectivity index (χ1v) is 14.8. The summed E-state index contributed by atoms with van der Waals surface area (Å²) >= 11 is 0. The van der Waals surface area contributed by atoms with E-state index in [2.05, 4.69) is 47.6 Å². The molecule has 0 saturated heterocycles. The molecule has 2 aromatic heterocycles. The molecule has 4 aromatic carbocycles. The summed E-state index contributed by atoms with van der Waals surface area (Å²) in [5.74, 6) is 3.49. The molecule has 1 radical (unpaired) electrons. The zero-order valence-corrected chi connectivity index (χ0v) is 26.3. The summed E-state index contributed by atoms with van der Waals surface area (Å²) in [4.78, 5) is 9.03. The normalized spacial score (nSPS) is 13.2. The van der Waals surface area contributed by atoms with Gasteiger partial charge in [0.1, 0.15) is 17.2 Å². The van der Waals surface area contributed by atoms with Gasteiger partial charge in [0.15, 0.2) is 0 Å². The fraction of sp³-hybridized carbons (Fsp3) is 0.105. The van der Waals surface area contributed by atoms with Crippen LogP contribution in [0.3, 0.4) is 0 Å². The molecule has 4 nitrogen and oxygen atoms in total. The smallest absolute Gasteiger partial charge is 0.241 e. The largest absolute Gasteiger partial charge is 0.503 e. The van der Waals surface area contributed by atoms with Crippen LogP contribution in [0.4, 0.5) is 0 Å². The number of pyridine rings is 2. The topological polar surface area (TPSA) is 44.2 Å². The molecule has 0 amide bonds. The predicted octanol–water partition coefficient (Wildman–Crippen LogP) is 6.70. The van der Waals surface area contributed by atoms with Crippen molar-refractivity contribution in [1.29, 1.82) is 0 Å². The first-order valence-electron chi connectivity index (χ1n) is 14.8. The quantitative estimate of drug-likeness (QED) is 0.146. The monoisotopic (exact) mass is 747 g/mol. The maximum Gasteiger partial charge on any atom is 0.241 e. The minimum absolute atomic E-state index is 0. The van der Waals surface area contributed by atoms with Gasteiger partial charge in [-0.15, -0.1) is 59.6 Å². The SMILES string of the molecule is [Ir].[c-]1ccc2c(c1-c1cc3c(cn1)CCCC3)Oc1cccc3c1B2c1ccccc1O3.[c-]1ccccc1-c1ccccn1. The number of ether oxygens (including phenoxy) is 2. The third-order valence-electron chi connectivity index (χ3n) is 8.40. The van der Waals surface area contributed by atoms with Crippen molar-refractivity contribution in [3.8, 4) is 45.5 Å². The first-order chi connectivity index (χ1) is 21.3. The molecular weight excluding hydrogens is 719 g/mol. The molecule has 1 aliphatic carbocycles. The van der Waals surface area contributed by atoms with E-state index in [0.717, 1.165) is 69.3 Å². The Morgan fingerprint density at radius 2 is 1.43 bits per heavy atom. The third-order valence-corrected chi connectivity index (χ3v) is 8.40. The van der Waals surface area contributed by atoms with Gasteiger partial charge in [-0.3, -0.25) is 0 Å². The maximum absolute atomic E-state index is 6.52. The van der Waals surface area contributed by atoms with Crippen LogP contribution in [0.15, 0.2) is 116 Å². The Labute approximate surface area is 271 Å². The number of hydrogen-bond acceptors (Lipinski definition) is 4. The summed E-state index contributed by atoms with van der Waals surface area (Å²) in [5.41, 5.74) is 10.1. The van der Waals surface area contributed by atoms with E-state index in [1.807, 2.05) is 78.9 Å². The van der Waals surface area contributed by atoms with E-state index in [1.165, 1.54) is 29.4 Å². The Bertz CT molecular complexity index is 1910. The van der Waals surface area contributed by atoms with Gasteiger partial charge in [-0.25, -0.2) is 0 Å². The average molecular weight is 747 g/mol. The molecule has 4 heterocycles. The van der Waals surface area contributed by atoms with Crippen molar-refractivity contribution in [1.82, 2.24) is 9.97 Å². The van der Waals surface area contributed by atoms with Crippen LogP contribution in [-0.4, -0.2) is 16.7 Å². The molecule has 44 heavy (non-hydrogen) atoms. The van der Waals surface area contributed by atoms with Crippen molar-refractivity contribution in [2.45, 2.75) is 25.7 Å². The van der Waals surface area contributed by atoms with Gasteiger partial charge in [-0.05, 0) is 72.4 Å². The van der Waals surface area contributed by atoms with Gasteiger partial charge in [0.05, 0.1) is 0 Å². The summed E-state index contributed by atoms with van der Waals surface area (Å²) in [6.45, 7) is 0.0749. The summed E-state index contributed by atoms with van der Waals surface area (Å²) in [6.07, 6.45) is 8.60. The molecular formula is C38H27BIrN2O2-2. The molecule has 0 unspecified atom stereocenters. The van der Waals surface area contributed by atoms with Crippen LogP contribution in [0, 0.1) is 12.1 Å². The number of aryl methyl sites for hydroxylation is 2. The average Bonchev–Trinajstić information content (AvgIpc) is 3.09. The van der Waals surface area contributed by atoms with Crippen molar-refractivity contribution in [3.63, 3.8) is 0 Å². The third kappa shape index (κ3) is 5.15. The van der Waals surface area contributed by atoms with E-state index >= 15 is 0 Å². The van der Waals surface area contributed by atoms with Gasteiger partial charge in [-0.2, -0.15) is 0 Å². The number of para-hydroxylation sites is 1. The van der Waals surface area contributed by atoms with Gasteiger partial charge < -0.3 is 19.4 Å². The van der Waals surface area contributed by atoms with E-state index < -0.39 is 0 Å². The summed E-state index contributed by atoms with van der Waals surface area (Å²) < 4.78 is 12.7. The number of benzene rings is 4. The van der Waals surface area contributed by atoms with Crippen molar-refractivity contribution >= 4 is 23.1 Å². The molecule has 9 rings (SSSR count). The van der Waals surface area contributed by atoms with Gasteiger partial charge in [0, 0.05) is 43.7 Å². The number of fused-ring (bicyclic) bond motifs is 5. The number of nitrogens with zero attached hydrogens (tertiary/aromatic N) is 2. The molecule has 2 aliphatic heterocycles. The van der Waals surface area contributed by atoms with Crippen molar-refractivity contribution in [2.24, 2.45) is 0 Å². The summed E-state index contributed by atoms with van der Waals surface area (Å²) in [5, 5.41) is 0. The Morgan fingerprint density at radius 3 is 2.27 bits per heavy atom. The summed E-state index contributed by atoms with van der Waals surface area (Å²) in [7, 11) is 0. The molecule has 0 atom stereocenters. The zero-order valence-electron chi connectivity index (χ0n) is 23.9. The van der Waals surface area contributed by atoms with Crippen molar-refractivity contribution < 1.29 is 29.6 Å². The molecule has 0 bridgehead atoms. The summed E-state index contributed by atoms with van der Waals surface area (Å²) in [6, 6.07) is 41.0.